The minimum absolute atomic E-state index is 0.492. The van der Waals surface area contributed by atoms with Gasteiger partial charge in [0.15, 0.2) is 11.6 Å². The number of rotatable bonds is 5. The second kappa shape index (κ2) is 13.2. The maximum atomic E-state index is 11.5. The Balaban J connectivity index is 1.34. The molecule has 11 nitrogen and oxygen atoms in total. The van der Waals surface area contributed by atoms with Crippen LogP contribution in [0.1, 0.15) is 40.4 Å². The van der Waals surface area contributed by atoms with Gasteiger partial charge in [0.1, 0.15) is 40.8 Å². The molecular formula is C47H35N11. The molecule has 0 amide bonds. The molecule has 0 bridgehead atoms. The number of aryl methyl sites for hydroxylation is 6. The molecule has 58 heavy (non-hydrogen) atoms. The highest BCUT2D eigenvalue weighted by Crippen LogP contribution is 2.41. The first-order chi connectivity index (χ1) is 28.1. The number of aromatic nitrogens is 10. The summed E-state index contributed by atoms with van der Waals surface area (Å²) in [6.07, 6.45) is 0. The van der Waals surface area contributed by atoms with Gasteiger partial charge in [-0.25, -0.2) is 39.9 Å². The molecule has 5 heterocycles. The first-order valence-electron chi connectivity index (χ1n) is 19.0. The monoisotopic (exact) mass is 753 g/mol. The van der Waals surface area contributed by atoms with Crippen molar-refractivity contribution in [2.75, 3.05) is 0 Å². The molecule has 10 rings (SSSR count). The second-order valence-corrected chi connectivity index (χ2v) is 14.6. The number of hydrogen-bond acceptors (Lipinski definition) is 9. The Labute approximate surface area is 333 Å². The minimum Gasteiger partial charge on any atom is -0.308 e. The highest BCUT2D eigenvalue weighted by molar-refractivity contribution is 6.12. The summed E-state index contributed by atoms with van der Waals surface area (Å²) in [7, 11) is 0. The molecule has 5 aromatic carbocycles. The van der Waals surface area contributed by atoms with Crippen LogP contribution in [0.3, 0.4) is 0 Å². The van der Waals surface area contributed by atoms with Crippen LogP contribution in [0.5, 0.6) is 0 Å². The molecule has 0 unspecified atom stereocenters. The maximum Gasteiger partial charge on any atom is 0.163 e. The van der Waals surface area contributed by atoms with Crippen molar-refractivity contribution < 1.29 is 0 Å². The van der Waals surface area contributed by atoms with E-state index >= 15 is 0 Å². The van der Waals surface area contributed by atoms with Crippen molar-refractivity contribution in [1.82, 2.24) is 49.0 Å². The van der Waals surface area contributed by atoms with Crippen LogP contribution in [0, 0.1) is 52.9 Å². The quantitative estimate of drug-likeness (QED) is 0.168. The van der Waals surface area contributed by atoms with Crippen molar-refractivity contribution in [3.05, 3.63) is 144 Å². The third-order valence-corrected chi connectivity index (χ3v) is 10.5. The fraction of sp³-hybridized carbons (Fsp3) is 0.128. The summed E-state index contributed by atoms with van der Waals surface area (Å²) in [5, 5.41) is 15.7. The molecule has 10 aromatic rings. The molecule has 11 heteroatoms. The van der Waals surface area contributed by atoms with Crippen molar-refractivity contribution in [2.24, 2.45) is 0 Å². The van der Waals surface area contributed by atoms with E-state index in [1.54, 1.807) is 0 Å². The van der Waals surface area contributed by atoms with E-state index in [1.807, 2.05) is 71.9 Å². The molecule has 0 N–H and O–H groups in total. The van der Waals surface area contributed by atoms with E-state index in [1.165, 1.54) is 0 Å². The fourth-order valence-electron chi connectivity index (χ4n) is 8.32. The van der Waals surface area contributed by atoms with E-state index < -0.39 is 0 Å². The zero-order chi connectivity index (χ0) is 39.8. The smallest absolute Gasteiger partial charge is 0.163 e. The zero-order valence-electron chi connectivity index (χ0n) is 32.7. The van der Waals surface area contributed by atoms with Crippen LogP contribution in [-0.2, 0) is 0 Å². The average molecular weight is 754 g/mol. The summed E-state index contributed by atoms with van der Waals surface area (Å²) in [4.78, 5) is 37.2. The number of fused-ring (bicyclic) bond motifs is 6. The van der Waals surface area contributed by atoms with Crippen molar-refractivity contribution in [3.8, 4) is 51.5 Å². The highest BCUT2D eigenvalue weighted by atomic mass is 15.0. The van der Waals surface area contributed by atoms with Gasteiger partial charge in [-0.15, -0.1) is 0 Å². The van der Waals surface area contributed by atoms with E-state index in [4.69, 9.17) is 24.9 Å². The summed E-state index contributed by atoms with van der Waals surface area (Å²) in [6.45, 7) is 11.4. The van der Waals surface area contributed by atoms with E-state index in [0.29, 0.717) is 57.7 Å². The molecule has 0 aliphatic heterocycles. The van der Waals surface area contributed by atoms with Gasteiger partial charge in [-0.2, -0.15) is 5.26 Å². The molecule has 278 valence electrons. The molecule has 0 saturated carbocycles. The van der Waals surface area contributed by atoms with Crippen molar-refractivity contribution >= 4 is 43.6 Å². The standard InChI is InChI=1S/C47H35N11/c1-25-19-39(52-26(2)49-25)33-22-44(57-40-13-9-7-11-34(40)36-17-15-31(20-42(36)57)46-53-27(3)50-28(4)54-46)38(24-48)45(23-33)58-41-14-10-8-12-35(41)37-18-16-32(21-43(37)58)47-55-29(5)51-30(6)56-47/h7-23H,1-6H3. The fourth-order valence-corrected chi connectivity index (χ4v) is 8.32. The number of hydrogen-bond donors (Lipinski definition) is 0. The van der Waals surface area contributed by atoms with Gasteiger partial charge in [-0.05, 0) is 84.0 Å². The van der Waals surface area contributed by atoms with E-state index in [9.17, 15) is 5.26 Å². The number of nitriles is 1. The lowest BCUT2D eigenvalue weighted by Gasteiger charge is -2.18. The lowest BCUT2D eigenvalue weighted by atomic mass is 10.0. The number of benzene rings is 5. The summed E-state index contributed by atoms with van der Waals surface area (Å²) >= 11 is 0. The molecular weight excluding hydrogens is 719 g/mol. The predicted octanol–water partition coefficient (Wildman–Crippen LogP) is 9.76. The average Bonchev–Trinajstić information content (AvgIpc) is 3.71. The second-order valence-electron chi connectivity index (χ2n) is 14.6. The van der Waals surface area contributed by atoms with Gasteiger partial charge >= 0.3 is 0 Å². The van der Waals surface area contributed by atoms with Crippen molar-refractivity contribution in [1.29, 1.82) is 5.26 Å². The van der Waals surface area contributed by atoms with Crippen LogP contribution in [0.25, 0.3) is 89.0 Å². The van der Waals surface area contributed by atoms with Gasteiger partial charge in [0, 0.05) is 43.9 Å². The molecule has 0 aliphatic carbocycles. The first-order valence-corrected chi connectivity index (χ1v) is 19.0. The Morgan fingerprint density at radius 1 is 0.414 bits per heavy atom. The highest BCUT2D eigenvalue weighted by Gasteiger charge is 2.24. The first kappa shape index (κ1) is 34.8. The summed E-state index contributed by atoms with van der Waals surface area (Å²) in [5.74, 6) is 4.45. The third kappa shape index (κ3) is 5.65. The van der Waals surface area contributed by atoms with Crippen molar-refractivity contribution in [3.63, 3.8) is 0 Å². The SMILES string of the molecule is Cc1cc(-c2cc(-n3c4ccccc4c4ccc(-c5nc(C)nc(C)n5)cc43)c(C#N)c(-n3c4ccccc4c4ccc(-c5nc(C)nc(C)n5)cc43)c2)nc(C)n1. The summed E-state index contributed by atoms with van der Waals surface area (Å²) in [6, 6.07) is 38.0. The summed E-state index contributed by atoms with van der Waals surface area (Å²) < 4.78 is 4.38. The van der Waals surface area contributed by atoms with E-state index in [2.05, 4.69) is 103 Å². The van der Waals surface area contributed by atoms with Gasteiger partial charge in [-0.3, -0.25) is 0 Å². The third-order valence-electron chi connectivity index (χ3n) is 10.5. The van der Waals surface area contributed by atoms with Crippen LogP contribution < -0.4 is 0 Å². The van der Waals surface area contributed by atoms with Crippen LogP contribution in [0.4, 0.5) is 0 Å². The zero-order valence-corrected chi connectivity index (χ0v) is 32.7. The van der Waals surface area contributed by atoms with Crippen LogP contribution >= 0.6 is 0 Å². The lowest BCUT2D eigenvalue weighted by Crippen LogP contribution is -2.06. The van der Waals surface area contributed by atoms with Gasteiger partial charge in [0.2, 0.25) is 0 Å². The van der Waals surface area contributed by atoms with Crippen LogP contribution in [-0.4, -0.2) is 49.0 Å². The normalized spacial score (nSPS) is 11.6. The lowest BCUT2D eigenvalue weighted by molar-refractivity contribution is 0.928. The largest absolute Gasteiger partial charge is 0.308 e. The number of para-hydroxylation sites is 2. The van der Waals surface area contributed by atoms with Gasteiger partial charge < -0.3 is 9.13 Å². The van der Waals surface area contributed by atoms with Crippen LogP contribution in [0.2, 0.25) is 0 Å². The van der Waals surface area contributed by atoms with Gasteiger partial charge in [0.25, 0.3) is 0 Å². The molecule has 0 spiro atoms. The molecule has 0 radical (unpaired) electrons. The number of nitrogens with zero attached hydrogens (tertiary/aromatic N) is 11. The Morgan fingerprint density at radius 3 is 1.29 bits per heavy atom. The predicted molar refractivity (Wildman–Crippen MR) is 227 cm³/mol. The maximum absolute atomic E-state index is 11.5. The van der Waals surface area contributed by atoms with E-state index in [-0.39, 0.29) is 0 Å². The molecule has 0 aliphatic rings. The van der Waals surface area contributed by atoms with Gasteiger partial charge in [0.05, 0.1) is 39.1 Å². The molecule has 5 aromatic heterocycles. The Kier molecular flexibility index (Phi) is 7.91. The molecule has 0 atom stereocenters. The summed E-state index contributed by atoms with van der Waals surface area (Å²) in [5.41, 5.74) is 9.79. The van der Waals surface area contributed by atoms with Gasteiger partial charge in [-0.1, -0.05) is 60.7 Å². The minimum atomic E-state index is 0.492. The topological polar surface area (TPSA) is 137 Å². The Morgan fingerprint density at radius 2 is 0.845 bits per heavy atom. The van der Waals surface area contributed by atoms with Crippen LogP contribution in [0.15, 0.2) is 103 Å². The van der Waals surface area contributed by atoms with Crippen molar-refractivity contribution in [2.45, 2.75) is 41.5 Å². The Hall–Kier alpha value is -7.71. The molecule has 0 saturated heterocycles. The Bertz CT molecular complexity index is 3140. The molecule has 0 fully saturated rings. The van der Waals surface area contributed by atoms with E-state index in [0.717, 1.165) is 71.7 Å².